The third-order valence-corrected chi connectivity index (χ3v) is 6.60. The van der Waals surface area contributed by atoms with Gasteiger partial charge in [0.05, 0.1) is 11.0 Å². The summed E-state index contributed by atoms with van der Waals surface area (Å²) in [5, 5.41) is 0. The molecule has 0 unspecified atom stereocenters. The maximum absolute atomic E-state index is 12.7. The molecular weight excluding hydrogens is 340 g/mol. The number of likely N-dealkylation sites (tertiary alicyclic amines) is 1. The molecule has 1 heterocycles. The molecule has 0 radical (unpaired) electrons. The van der Waals surface area contributed by atoms with Gasteiger partial charge in [-0.1, -0.05) is 19.9 Å². The molecule has 1 saturated heterocycles. The summed E-state index contributed by atoms with van der Waals surface area (Å²) in [6.45, 7) is 8.34. The van der Waals surface area contributed by atoms with Crippen LogP contribution in [0.15, 0.2) is 29.2 Å². The summed E-state index contributed by atoms with van der Waals surface area (Å²) >= 11 is 0. The van der Waals surface area contributed by atoms with Gasteiger partial charge >= 0.3 is 0 Å². The van der Waals surface area contributed by atoms with E-state index in [4.69, 9.17) is 4.74 Å². The van der Waals surface area contributed by atoms with Gasteiger partial charge in [-0.05, 0) is 38.0 Å². The zero-order valence-electron chi connectivity index (χ0n) is 15.3. The van der Waals surface area contributed by atoms with Crippen LogP contribution in [0.4, 0.5) is 0 Å². The Morgan fingerprint density at radius 2 is 1.84 bits per heavy atom. The summed E-state index contributed by atoms with van der Waals surface area (Å²) in [5.74, 6) is -0.119. The highest BCUT2D eigenvalue weighted by Crippen LogP contribution is 2.20. The number of benzene rings is 1. The number of carbonyl (C=O) groups excluding carboxylic acids is 1. The van der Waals surface area contributed by atoms with Gasteiger partial charge in [-0.2, -0.15) is 4.31 Å². The highest BCUT2D eigenvalue weighted by Gasteiger charge is 2.26. The third-order valence-electron chi connectivity index (χ3n) is 4.56. The molecule has 7 heteroatoms. The minimum atomic E-state index is -3.56. The second-order valence-electron chi connectivity index (χ2n) is 6.06. The molecule has 1 aromatic carbocycles. The normalized spacial score (nSPS) is 16.4. The Morgan fingerprint density at radius 1 is 1.20 bits per heavy atom. The number of hydrogen-bond donors (Lipinski definition) is 0. The zero-order valence-corrected chi connectivity index (χ0v) is 16.1. The van der Waals surface area contributed by atoms with Crippen LogP contribution < -0.4 is 0 Å². The van der Waals surface area contributed by atoms with Crippen molar-refractivity contribution in [3.05, 3.63) is 29.8 Å². The minimum Gasteiger partial charge on any atom is -0.378 e. The number of piperidine rings is 1. The van der Waals surface area contributed by atoms with E-state index >= 15 is 0 Å². The van der Waals surface area contributed by atoms with Crippen molar-refractivity contribution in [1.29, 1.82) is 0 Å². The van der Waals surface area contributed by atoms with Crippen LogP contribution >= 0.6 is 0 Å². The average Bonchev–Trinajstić information content (AvgIpc) is 2.63. The fourth-order valence-corrected chi connectivity index (χ4v) is 4.65. The van der Waals surface area contributed by atoms with Gasteiger partial charge in [0.25, 0.3) is 5.91 Å². The molecule has 1 aliphatic heterocycles. The van der Waals surface area contributed by atoms with Crippen molar-refractivity contribution < 1.29 is 17.9 Å². The molecule has 6 nitrogen and oxygen atoms in total. The predicted molar refractivity (Wildman–Crippen MR) is 97.1 cm³/mol. The van der Waals surface area contributed by atoms with Crippen LogP contribution in [0.5, 0.6) is 0 Å². The van der Waals surface area contributed by atoms with Crippen molar-refractivity contribution in [2.24, 2.45) is 0 Å². The van der Waals surface area contributed by atoms with E-state index in [9.17, 15) is 13.2 Å². The Balaban J connectivity index is 2.15. The largest absolute Gasteiger partial charge is 0.378 e. The Hall–Kier alpha value is -1.44. The molecule has 0 saturated carbocycles. The van der Waals surface area contributed by atoms with Gasteiger partial charge in [-0.15, -0.1) is 0 Å². The fraction of sp³-hybridized carbons (Fsp3) is 0.611. The zero-order chi connectivity index (χ0) is 18.4. The molecule has 1 amide bonds. The van der Waals surface area contributed by atoms with Crippen LogP contribution in [0, 0.1) is 0 Å². The lowest BCUT2D eigenvalue weighted by atomic mass is 10.1. The first-order valence-corrected chi connectivity index (χ1v) is 10.4. The lowest BCUT2D eigenvalue weighted by molar-refractivity contribution is 0.0146. The summed E-state index contributed by atoms with van der Waals surface area (Å²) < 4.78 is 32.3. The smallest absolute Gasteiger partial charge is 0.253 e. The Labute approximate surface area is 150 Å². The summed E-state index contributed by atoms with van der Waals surface area (Å²) in [4.78, 5) is 14.7. The second-order valence-corrected chi connectivity index (χ2v) is 8.00. The number of hydrogen-bond acceptors (Lipinski definition) is 4. The van der Waals surface area contributed by atoms with E-state index in [0.29, 0.717) is 38.3 Å². The quantitative estimate of drug-likeness (QED) is 0.741. The van der Waals surface area contributed by atoms with Gasteiger partial charge in [0.1, 0.15) is 0 Å². The van der Waals surface area contributed by atoms with E-state index in [2.05, 4.69) is 0 Å². The number of amides is 1. The summed E-state index contributed by atoms with van der Waals surface area (Å²) in [7, 11) is -3.56. The molecule has 1 aromatic rings. The fourth-order valence-electron chi connectivity index (χ4n) is 3.15. The van der Waals surface area contributed by atoms with Crippen LogP contribution in [0.25, 0.3) is 0 Å². The average molecular weight is 368 g/mol. The number of rotatable bonds is 7. The van der Waals surface area contributed by atoms with Crippen LogP contribution in [0.3, 0.4) is 0 Å². The topological polar surface area (TPSA) is 66.9 Å². The molecule has 0 spiro atoms. The van der Waals surface area contributed by atoms with Crippen molar-refractivity contribution >= 4 is 15.9 Å². The van der Waals surface area contributed by atoms with Crippen LogP contribution in [0.1, 0.15) is 44.0 Å². The van der Waals surface area contributed by atoms with E-state index in [1.165, 1.54) is 10.4 Å². The minimum absolute atomic E-state index is 0.119. The maximum Gasteiger partial charge on any atom is 0.253 e. The molecule has 0 N–H and O–H groups in total. The van der Waals surface area contributed by atoms with Gasteiger partial charge in [-0.3, -0.25) is 4.79 Å². The Kier molecular flexibility index (Phi) is 6.98. The molecule has 2 rings (SSSR count). The molecule has 1 fully saturated rings. The van der Waals surface area contributed by atoms with Crippen LogP contribution in [-0.4, -0.2) is 62.4 Å². The van der Waals surface area contributed by atoms with Crippen molar-refractivity contribution in [2.45, 2.75) is 44.6 Å². The Morgan fingerprint density at radius 3 is 2.40 bits per heavy atom. The standard InChI is InChI=1S/C18H28N2O4S/c1-4-20(5-2)25(22,23)17-9-7-8-15(14-17)18(21)19-12-10-16(11-13-19)24-6-3/h7-9,14,16H,4-6,10-13H2,1-3H3. The summed E-state index contributed by atoms with van der Waals surface area (Å²) in [5.41, 5.74) is 0.420. The molecule has 25 heavy (non-hydrogen) atoms. The molecule has 140 valence electrons. The van der Waals surface area contributed by atoms with Crippen LogP contribution in [-0.2, 0) is 14.8 Å². The maximum atomic E-state index is 12.7. The van der Waals surface area contributed by atoms with Crippen molar-refractivity contribution in [3.8, 4) is 0 Å². The van der Waals surface area contributed by atoms with Crippen molar-refractivity contribution in [3.63, 3.8) is 0 Å². The number of sulfonamides is 1. The summed E-state index contributed by atoms with van der Waals surface area (Å²) in [6, 6.07) is 6.35. The highest BCUT2D eigenvalue weighted by molar-refractivity contribution is 7.89. The molecule has 1 aliphatic rings. The van der Waals surface area contributed by atoms with Gasteiger partial charge in [0.15, 0.2) is 0 Å². The van der Waals surface area contributed by atoms with E-state index in [0.717, 1.165) is 12.8 Å². The van der Waals surface area contributed by atoms with E-state index in [1.807, 2.05) is 6.92 Å². The van der Waals surface area contributed by atoms with Gasteiger partial charge < -0.3 is 9.64 Å². The molecular formula is C18H28N2O4S. The van der Waals surface area contributed by atoms with Gasteiger partial charge in [0, 0.05) is 38.3 Å². The molecule has 0 bridgehead atoms. The number of carbonyl (C=O) groups is 1. The molecule has 0 aromatic heterocycles. The second kappa shape index (κ2) is 8.78. The van der Waals surface area contributed by atoms with E-state index in [1.54, 1.807) is 36.9 Å². The monoisotopic (exact) mass is 368 g/mol. The first kappa shape index (κ1) is 19.9. The van der Waals surface area contributed by atoms with Crippen molar-refractivity contribution in [2.75, 3.05) is 32.8 Å². The SMILES string of the molecule is CCOC1CCN(C(=O)c2cccc(S(=O)(=O)N(CC)CC)c2)CC1. The number of nitrogens with zero attached hydrogens (tertiary/aromatic N) is 2. The lowest BCUT2D eigenvalue weighted by Gasteiger charge is -2.32. The van der Waals surface area contributed by atoms with E-state index < -0.39 is 10.0 Å². The number of ether oxygens (including phenoxy) is 1. The first-order valence-electron chi connectivity index (χ1n) is 8.95. The van der Waals surface area contributed by atoms with Crippen molar-refractivity contribution in [1.82, 2.24) is 9.21 Å². The highest BCUT2D eigenvalue weighted by atomic mass is 32.2. The van der Waals surface area contributed by atoms with Crippen LogP contribution in [0.2, 0.25) is 0 Å². The lowest BCUT2D eigenvalue weighted by Crippen LogP contribution is -2.41. The van der Waals surface area contributed by atoms with Gasteiger partial charge in [0.2, 0.25) is 10.0 Å². The predicted octanol–water partition coefficient (Wildman–Crippen LogP) is 2.36. The third kappa shape index (κ3) is 4.59. The first-order chi connectivity index (χ1) is 11.9. The van der Waals surface area contributed by atoms with Gasteiger partial charge in [-0.25, -0.2) is 8.42 Å². The molecule has 0 atom stereocenters. The summed E-state index contributed by atoms with van der Waals surface area (Å²) in [6.07, 6.45) is 1.84. The Bertz CT molecular complexity index is 678. The molecule has 0 aliphatic carbocycles. The van der Waals surface area contributed by atoms with E-state index in [-0.39, 0.29) is 16.9 Å².